The van der Waals surface area contributed by atoms with Gasteiger partial charge in [-0.3, -0.25) is 0 Å². The lowest BCUT2D eigenvalue weighted by Gasteiger charge is -2.29. The minimum Gasteiger partial charge on any atom is -0.384 e. The van der Waals surface area contributed by atoms with Crippen molar-refractivity contribution >= 4 is 0 Å². The maximum absolute atomic E-state index is 5.21. The molecule has 0 aromatic heterocycles. The molecule has 0 aromatic carbocycles. The number of rotatable bonds is 7. The van der Waals surface area contributed by atoms with Gasteiger partial charge in [-0.15, -0.1) is 18.4 Å². The molecule has 0 aliphatic rings. The Morgan fingerprint density at radius 3 is 2.21 bits per heavy atom. The molecule has 0 spiro atoms. The Bertz CT molecular complexity index is 204. The fourth-order valence-corrected chi connectivity index (χ4v) is 1.53. The predicted octanol–water partition coefficient (Wildman–Crippen LogP) is 2.26. The third-order valence-electron chi connectivity index (χ3n) is 2.12. The molecule has 0 bridgehead atoms. The fourth-order valence-electron chi connectivity index (χ4n) is 1.53. The van der Waals surface area contributed by atoms with E-state index in [2.05, 4.69) is 18.4 Å². The second kappa shape index (κ2) is 7.61. The van der Waals surface area contributed by atoms with E-state index < -0.39 is 0 Å². The van der Waals surface area contributed by atoms with E-state index in [1.807, 2.05) is 13.0 Å². The van der Waals surface area contributed by atoms with E-state index in [0.717, 1.165) is 12.8 Å². The van der Waals surface area contributed by atoms with Crippen molar-refractivity contribution in [2.75, 3.05) is 27.4 Å². The van der Waals surface area contributed by atoms with Gasteiger partial charge in [-0.1, -0.05) is 6.08 Å². The predicted molar refractivity (Wildman–Crippen MR) is 59.1 cm³/mol. The quantitative estimate of drug-likeness (QED) is 0.459. The summed E-state index contributed by atoms with van der Waals surface area (Å²) < 4.78 is 10.4. The largest absolute Gasteiger partial charge is 0.384 e. The van der Waals surface area contributed by atoms with Crippen LogP contribution in [0.25, 0.3) is 0 Å². The molecule has 0 heterocycles. The lowest BCUT2D eigenvalue weighted by atomic mass is 9.83. The number of allylic oxidation sites excluding steroid dienone is 1. The van der Waals surface area contributed by atoms with Crippen LogP contribution in [0, 0.1) is 17.3 Å². The normalized spacial score (nSPS) is 10.5. The summed E-state index contributed by atoms with van der Waals surface area (Å²) >= 11 is 0. The maximum atomic E-state index is 5.21. The molecule has 0 aliphatic carbocycles. The van der Waals surface area contributed by atoms with Crippen LogP contribution in [0.1, 0.15) is 19.8 Å². The van der Waals surface area contributed by atoms with Crippen molar-refractivity contribution in [3.05, 3.63) is 12.7 Å². The zero-order valence-electron chi connectivity index (χ0n) is 9.43. The van der Waals surface area contributed by atoms with E-state index in [1.54, 1.807) is 14.2 Å². The fraction of sp³-hybridized carbons (Fsp3) is 0.667. The highest BCUT2D eigenvalue weighted by Gasteiger charge is 2.28. The van der Waals surface area contributed by atoms with Crippen molar-refractivity contribution in [1.29, 1.82) is 0 Å². The number of ether oxygens (including phenoxy) is 2. The molecule has 0 unspecified atom stereocenters. The van der Waals surface area contributed by atoms with Gasteiger partial charge in [-0.05, 0) is 13.3 Å². The lowest BCUT2D eigenvalue weighted by molar-refractivity contribution is 0.0150. The van der Waals surface area contributed by atoms with Crippen LogP contribution in [0.3, 0.4) is 0 Å². The summed E-state index contributed by atoms with van der Waals surface area (Å²) in [5.74, 6) is 5.99. The summed E-state index contributed by atoms with van der Waals surface area (Å²) in [5.41, 5.74) is -0.0335. The molecule has 2 nitrogen and oxygen atoms in total. The molecule has 0 amide bonds. The average Bonchev–Trinajstić information content (AvgIpc) is 2.16. The lowest BCUT2D eigenvalue weighted by Crippen LogP contribution is -2.30. The molecular weight excluding hydrogens is 176 g/mol. The van der Waals surface area contributed by atoms with Crippen molar-refractivity contribution < 1.29 is 9.47 Å². The van der Waals surface area contributed by atoms with Crippen molar-refractivity contribution in [3.63, 3.8) is 0 Å². The van der Waals surface area contributed by atoms with Gasteiger partial charge in [0, 0.05) is 26.1 Å². The smallest absolute Gasteiger partial charge is 0.0552 e. The number of hydrogen-bond donors (Lipinski definition) is 0. The Morgan fingerprint density at radius 1 is 1.29 bits per heavy atom. The van der Waals surface area contributed by atoms with Crippen molar-refractivity contribution in [2.24, 2.45) is 5.41 Å². The van der Waals surface area contributed by atoms with E-state index in [1.165, 1.54) is 0 Å². The van der Waals surface area contributed by atoms with Gasteiger partial charge in [0.25, 0.3) is 0 Å². The molecule has 80 valence electrons. The summed E-state index contributed by atoms with van der Waals surface area (Å²) in [5, 5.41) is 0. The third kappa shape index (κ3) is 4.45. The molecule has 0 atom stereocenters. The number of methoxy groups -OCH3 is 2. The zero-order valence-corrected chi connectivity index (χ0v) is 9.43. The van der Waals surface area contributed by atoms with E-state index >= 15 is 0 Å². The van der Waals surface area contributed by atoms with Crippen LogP contribution < -0.4 is 0 Å². The first-order chi connectivity index (χ1) is 6.74. The van der Waals surface area contributed by atoms with Gasteiger partial charge in [-0.25, -0.2) is 0 Å². The highest BCUT2D eigenvalue weighted by atomic mass is 16.5. The van der Waals surface area contributed by atoms with Crippen LogP contribution in [0.2, 0.25) is 0 Å². The molecule has 0 aliphatic heterocycles. The monoisotopic (exact) mass is 196 g/mol. The Hall–Kier alpha value is -0.780. The van der Waals surface area contributed by atoms with Gasteiger partial charge < -0.3 is 9.47 Å². The van der Waals surface area contributed by atoms with Gasteiger partial charge in [0.05, 0.1) is 13.2 Å². The van der Waals surface area contributed by atoms with Crippen molar-refractivity contribution in [3.8, 4) is 11.8 Å². The van der Waals surface area contributed by atoms with Crippen LogP contribution >= 0.6 is 0 Å². The maximum Gasteiger partial charge on any atom is 0.0552 e. The van der Waals surface area contributed by atoms with Gasteiger partial charge in [0.2, 0.25) is 0 Å². The third-order valence-corrected chi connectivity index (χ3v) is 2.12. The van der Waals surface area contributed by atoms with E-state index in [-0.39, 0.29) is 5.41 Å². The molecular formula is C12H20O2. The summed E-state index contributed by atoms with van der Waals surface area (Å²) in [6.45, 7) is 6.91. The minimum absolute atomic E-state index is 0.0335. The van der Waals surface area contributed by atoms with Gasteiger partial charge in [0.1, 0.15) is 0 Å². The summed E-state index contributed by atoms with van der Waals surface area (Å²) in [7, 11) is 3.40. The molecule has 0 aromatic rings. The molecule has 0 radical (unpaired) electrons. The van der Waals surface area contributed by atoms with Gasteiger partial charge >= 0.3 is 0 Å². The SMILES string of the molecule is C=CCC(CC#CC)(COC)COC. The number of hydrogen-bond acceptors (Lipinski definition) is 2. The Kier molecular flexibility index (Phi) is 7.18. The topological polar surface area (TPSA) is 18.5 Å². The molecule has 14 heavy (non-hydrogen) atoms. The minimum atomic E-state index is -0.0335. The molecule has 0 saturated carbocycles. The molecule has 0 fully saturated rings. The van der Waals surface area contributed by atoms with Gasteiger partial charge in [0.15, 0.2) is 0 Å². The first-order valence-electron chi connectivity index (χ1n) is 4.73. The van der Waals surface area contributed by atoms with Crippen molar-refractivity contribution in [2.45, 2.75) is 19.8 Å². The van der Waals surface area contributed by atoms with Crippen LogP contribution in [-0.2, 0) is 9.47 Å². The van der Waals surface area contributed by atoms with Crippen molar-refractivity contribution in [1.82, 2.24) is 0 Å². The molecule has 0 rings (SSSR count). The molecule has 0 saturated heterocycles. The van der Waals surface area contributed by atoms with E-state index in [9.17, 15) is 0 Å². The summed E-state index contributed by atoms with van der Waals surface area (Å²) in [4.78, 5) is 0. The van der Waals surface area contributed by atoms with Crippen LogP contribution in [0.15, 0.2) is 12.7 Å². The Morgan fingerprint density at radius 2 is 1.86 bits per heavy atom. The highest BCUT2D eigenvalue weighted by molar-refractivity contribution is 5.02. The average molecular weight is 196 g/mol. The zero-order chi connectivity index (χ0) is 10.9. The molecule has 0 N–H and O–H groups in total. The van der Waals surface area contributed by atoms with E-state index in [4.69, 9.17) is 9.47 Å². The Labute approximate surface area is 87.3 Å². The molecule has 2 heteroatoms. The summed E-state index contributed by atoms with van der Waals surface area (Å²) in [6, 6.07) is 0. The standard InChI is InChI=1S/C12H20O2/c1-5-7-9-12(8-6-2,10-13-3)11-14-4/h6H,2,8-11H2,1,3-4H3. The second-order valence-electron chi connectivity index (χ2n) is 3.46. The van der Waals surface area contributed by atoms with Gasteiger partial charge in [-0.2, -0.15) is 0 Å². The first kappa shape index (κ1) is 13.2. The second-order valence-corrected chi connectivity index (χ2v) is 3.46. The summed E-state index contributed by atoms with van der Waals surface area (Å²) in [6.07, 6.45) is 3.55. The van der Waals surface area contributed by atoms with E-state index in [0.29, 0.717) is 13.2 Å². The van der Waals surface area contributed by atoms with Crippen LogP contribution in [-0.4, -0.2) is 27.4 Å². The first-order valence-corrected chi connectivity index (χ1v) is 4.73. The Balaban J connectivity index is 4.49. The van der Waals surface area contributed by atoms with Crippen LogP contribution in [0.4, 0.5) is 0 Å². The highest BCUT2D eigenvalue weighted by Crippen LogP contribution is 2.27. The van der Waals surface area contributed by atoms with Crippen LogP contribution in [0.5, 0.6) is 0 Å².